The minimum Gasteiger partial charge on any atom is -0.392 e. The van der Waals surface area contributed by atoms with Gasteiger partial charge >= 0.3 is 0 Å². The molecule has 2 nitrogen and oxygen atoms in total. The fraction of sp³-hybridized carbons (Fsp3) is 0.571. The van der Waals surface area contributed by atoms with Gasteiger partial charge < -0.3 is 10.0 Å². The molecule has 0 bridgehead atoms. The van der Waals surface area contributed by atoms with Crippen LogP contribution in [0.25, 0.3) is 0 Å². The third-order valence-corrected chi connectivity index (χ3v) is 3.08. The van der Waals surface area contributed by atoms with E-state index in [1.165, 1.54) is 6.07 Å². The zero-order valence-corrected chi connectivity index (χ0v) is 10.5. The molecule has 2 rings (SSSR count). The van der Waals surface area contributed by atoms with Gasteiger partial charge in [0.1, 0.15) is 5.82 Å². The van der Waals surface area contributed by atoms with Crippen LogP contribution in [-0.4, -0.2) is 17.7 Å². The molecule has 3 heteroatoms. The highest BCUT2D eigenvalue weighted by molar-refractivity contribution is 5.56. The molecule has 0 radical (unpaired) electrons. The van der Waals surface area contributed by atoms with Gasteiger partial charge in [-0.2, -0.15) is 0 Å². The Kier molecular flexibility index (Phi) is 3.67. The second kappa shape index (κ2) is 5.05. The van der Waals surface area contributed by atoms with E-state index in [4.69, 9.17) is 0 Å². The smallest absolute Gasteiger partial charge is 0.146 e. The van der Waals surface area contributed by atoms with Gasteiger partial charge in [-0.15, -0.1) is 0 Å². The van der Waals surface area contributed by atoms with E-state index < -0.39 is 0 Å². The van der Waals surface area contributed by atoms with Gasteiger partial charge in [-0.05, 0) is 24.8 Å². The molecule has 1 aromatic rings. The highest BCUT2D eigenvalue weighted by Gasteiger charge is 2.32. The SMILES string of the molecule is CC(C)CN(c1c(F)cccc1CO)C1CC1. The van der Waals surface area contributed by atoms with Crippen LogP contribution in [-0.2, 0) is 6.61 Å². The number of aliphatic hydroxyl groups is 1. The van der Waals surface area contributed by atoms with E-state index in [2.05, 4.69) is 18.7 Å². The summed E-state index contributed by atoms with van der Waals surface area (Å²) in [5.74, 6) is 0.269. The quantitative estimate of drug-likeness (QED) is 0.851. The summed E-state index contributed by atoms with van der Waals surface area (Å²) in [6.45, 7) is 5.01. The molecule has 0 saturated heterocycles. The van der Waals surface area contributed by atoms with Crippen molar-refractivity contribution in [3.8, 4) is 0 Å². The fourth-order valence-corrected chi connectivity index (χ4v) is 2.21. The molecule has 1 aliphatic carbocycles. The molecule has 94 valence electrons. The summed E-state index contributed by atoms with van der Waals surface area (Å²) < 4.78 is 14.0. The first-order chi connectivity index (χ1) is 8.13. The lowest BCUT2D eigenvalue weighted by molar-refractivity contribution is 0.281. The van der Waals surface area contributed by atoms with Crippen LogP contribution >= 0.6 is 0 Å². The summed E-state index contributed by atoms with van der Waals surface area (Å²) in [6, 6.07) is 5.39. The summed E-state index contributed by atoms with van der Waals surface area (Å²) in [5, 5.41) is 9.33. The molecule has 0 unspecified atom stereocenters. The molecule has 1 fully saturated rings. The fourth-order valence-electron chi connectivity index (χ4n) is 2.21. The Morgan fingerprint density at radius 3 is 2.65 bits per heavy atom. The molecular weight excluding hydrogens is 217 g/mol. The van der Waals surface area contributed by atoms with Crippen LogP contribution in [0.2, 0.25) is 0 Å². The van der Waals surface area contributed by atoms with Crippen molar-refractivity contribution in [1.82, 2.24) is 0 Å². The van der Waals surface area contributed by atoms with Gasteiger partial charge in [0.15, 0.2) is 0 Å². The van der Waals surface area contributed by atoms with Crippen molar-refractivity contribution in [3.05, 3.63) is 29.6 Å². The van der Waals surface area contributed by atoms with Crippen LogP contribution in [0.5, 0.6) is 0 Å². The number of hydrogen-bond donors (Lipinski definition) is 1. The van der Waals surface area contributed by atoms with Crippen LogP contribution in [0.15, 0.2) is 18.2 Å². The molecule has 0 aromatic heterocycles. The molecule has 0 amide bonds. The molecule has 17 heavy (non-hydrogen) atoms. The molecule has 1 aromatic carbocycles. The zero-order valence-electron chi connectivity index (χ0n) is 10.5. The number of rotatable bonds is 5. The summed E-state index contributed by atoms with van der Waals surface area (Å²) >= 11 is 0. The second-order valence-electron chi connectivity index (χ2n) is 5.18. The van der Waals surface area contributed by atoms with Gasteiger partial charge in [-0.3, -0.25) is 0 Å². The topological polar surface area (TPSA) is 23.5 Å². The maximum Gasteiger partial charge on any atom is 0.146 e. The number of halogens is 1. The van der Waals surface area contributed by atoms with Crippen LogP contribution in [0, 0.1) is 11.7 Å². The van der Waals surface area contributed by atoms with Gasteiger partial charge in [0, 0.05) is 18.2 Å². The number of benzene rings is 1. The second-order valence-corrected chi connectivity index (χ2v) is 5.18. The number of anilines is 1. The monoisotopic (exact) mass is 237 g/mol. The Hall–Kier alpha value is -1.09. The van der Waals surface area contributed by atoms with Gasteiger partial charge in [0.25, 0.3) is 0 Å². The standard InChI is InChI=1S/C14H20FNO/c1-10(2)8-16(12-6-7-12)14-11(9-17)4-3-5-13(14)15/h3-5,10,12,17H,6-9H2,1-2H3. The summed E-state index contributed by atoms with van der Waals surface area (Å²) in [6.07, 6.45) is 2.26. The third kappa shape index (κ3) is 2.78. The highest BCUT2D eigenvalue weighted by atomic mass is 19.1. The molecular formula is C14H20FNO. The number of nitrogens with zero attached hydrogens (tertiary/aromatic N) is 1. The predicted octanol–water partition coefficient (Wildman–Crippen LogP) is 2.94. The van der Waals surface area contributed by atoms with Crippen LogP contribution < -0.4 is 4.90 Å². The first-order valence-corrected chi connectivity index (χ1v) is 6.28. The van der Waals surface area contributed by atoms with E-state index in [1.807, 2.05) is 0 Å². The first-order valence-electron chi connectivity index (χ1n) is 6.28. The van der Waals surface area contributed by atoms with Crippen molar-refractivity contribution in [2.75, 3.05) is 11.4 Å². The molecule has 1 N–H and O–H groups in total. The lowest BCUT2D eigenvalue weighted by Gasteiger charge is -2.29. The molecule has 0 spiro atoms. The van der Waals surface area contributed by atoms with Crippen molar-refractivity contribution >= 4 is 5.69 Å². The zero-order chi connectivity index (χ0) is 12.4. The highest BCUT2D eigenvalue weighted by Crippen LogP contribution is 2.35. The van der Waals surface area contributed by atoms with Crippen molar-refractivity contribution in [2.45, 2.75) is 39.3 Å². The van der Waals surface area contributed by atoms with Gasteiger partial charge in [-0.1, -0.05) is 26.0 Å². The van der Waals surface area contributed by atoms with Gasteiger partial charge in [-0.25, -0.2) is 4.39 Å². The minimum atomic E-state index is -0.218. The van der Waals surface area contributed by atoms with E-state index in [9.17, 15) is 9.50 Å². The Morgan fingerprint density at radius 1 is 1.41 bits per heavy atom. The Morgan fingerprint density at radius 2 is 2.12 bits per heavy atom. The predicted molar refractivity (Wildman–Crippen MR) is 67.5 cm³/mol. The molecule has 1 aliphatic rings. The van der Waals surface area contributed by atoms with E-state index >= 15 is 0 Å². The molecule has 0 aliphatic heterocycles. The minimum absolute atomic E-state index is 0.103. The van der Waals surface area contributed by atoms with Crippen molar-refractivity contribution in [3.63, 3.8) is 0 Å². The lowest BCUT2D eigenvalue weighted by atomic mass is 10.1. The maximum absolute atomic E-state index is 14.0. The van der Waals surface area contributed by atoms with Crippen LogP contribution in [0.1, 0.15) is 32.3 Å². The number of hydrogen-bond acceptors (Lipinski definition) is 2. The van der Waals surface area contributed by atoms with E-state index in [0.29, 0.717) is 23.2 Å². The molecule has 0 atom stereocenters. The first kappa shape index (κ1) is 12.4. The Labute approximate surface area is 102 Å². The number of para-hydroxylation sites is 1. The number of aliphatic hydroxyl groups excluding tert-OH is 1. The van der Waals surface area contributed by atoms with E-state index in [-0.39, 0.29) is 12.4 Å². The van der Waals surface area contributed by atoms with Crippen molar-refractivity contribution in [1.29, 1.82) is 0 Å². The summed E-state index contributed by atoms with van der Waals surface area (Å²) in [4.78, 5) is 2.13. The summed E-state index contributed by atoms with van der Waals surface area (Å²) in [5.41, 5.74) is 1.30. The maximum atomic E-state index is 14.0. The normalized spacial score (nSPS) is 15.4. The molecule has 1 saturated carbocycles. The van der Waals surface area contributed by atoms with Crippen molar-refractivity contribution < 1.29 is 9.50 Å². The Bertz CT molecular complexity index is 388. The van der Waals surface area contributed by atoms with Gasteiger partial charge in [0.05, 0.1) is 12.3 Å². The largest absolute Gasteiger partial charge is 0.392 e. The van der Waals surface area contributed by atoms with E-state index in [1.54, 1.807) is 12.1 Å². The molecule has 0 heterocycles. The lowest BCUT2D eigenvalue weighted by Crippen LogP contribution is -2.31. The third-order valence-electron chi connectivity index (χ3n) is 3.08. The van der Waals surface area contributed by atoms with Crippen molar-refractivity contribution in [2.24, 2.45) is 5.92 Å². The van der Waals surface area contributed by atoms with Crippen LogP contribution in [0.4, 0.5) is 10.1 Å². The van der Waals surface area contributed by atoms with Crippen LogP contribution in [0.3, 0.4) is 0 Å². The van der Waals surface area contributed by atoms with Gasteiger partial charge in [0.2, 0.25) is 0 Å². The summed E-state index contributed by atoms with van der Waals surface area (Å²) in [7, 11) is 0. The average Bonchev–Trinajstić information content (AvgIpc) is 3.09. The Balaban J connectivity index is 2.34. The van der Waals surface area contributed by atoms with E-state index in [0.717, 1.165) is 19.4 Å². The average molecular weight is 237 g/mol.